The summed E-state index contributed by atoms with van der Waals surface area (Å²) in [5.41, 5.74) is 0. The molecule has 2 amide bonds. The standard InChI is InChI=1S/C58H104N4O14/c1-5-9-13-17-21-25-43-71-53(65)33-37-61(38-34-54(66)72-44-26-22-18-14-10-6-2)41-47-75-51(63)31-29-49-57(69)60-50(58(70)59-49)30-32-52(64)76-48-42-62(39-35-55(67)73-45-27-23-19-15-11-7-3)40-36-56(68)74-46-28-24-20-16-12-8-4/h49-50H,5-48H2,1-4H3,(H,59,70)(H,60,69). The number of ether oxygens (including phenoxy) is 6. The van der Waals surface area contributed by atoms with E-state index in [9.17, 15) is 38.4 Å². The van der Waals surface area contributed by atoms with E-state index in [1.165, 1.54) is 77.0 Å². The molecular weight excluding hydrogens is 977 g/mol. The summed E-state index contributed by atoms with van der Waals surface area (Å²) >= 11 is 0. The molecule has 0 aromatic heterocycles. The Morgan fingerprint density at radius 1 is 0.316 bits per heavy atom. The number of amides is 2. The summed E-state index contributed by atoms with van der Waals surface area (Å²) in [7, 11) is 0. The first kappa shape index (κ1) is 69.7. The van der Waals surface area contributed by atoms with Crippen LogP contribution in [0.3, 0.4) is 0 Å². The highest BCUT2D eigenvalue weighted by Gasteiger charge is 2.34. The summed E-state index contributed by atoms with van der Waals surface area (Å²) in [6, 6.07) is -1.95. The Morgan fingerprint density at radius 3 is 0.803 bits per heavy atom. The average Bonchev–Trinajstić information content (AvgIpc) is 3.40. The van der Waals surface area contributed by atoms with Gasteiger partial charge in [-0.25, -0.2) is 0 Å². The van der Waals surface area contributed by atoms with Crippen molar-refractivity contribution < 1.29 is 66.8 Å². The number of carbonyl (C=O) groups excluding carboxylic acids is 8. The third-order valence-corrected chi connectivity index (χ3v) is 13.5. The molecule has 1 fully saturated rings. The number of carbonyl (C=O) groups is 8. The molecule has 440 valence electrons. The Kier molecular flexibility index (Phi) is 44.9. The molecule has 2 atom stereocenters. The molecular formula is C58H104N4O14. The molecule has 1 heterocycles. The van der Waals surface area contributed by atoms with Gasteiger partial charge in [0, 0.05) is 52.1 Å². The monoisotopic (exact) mass is 1080 g/mol. The predicted molar refractivity (Wildman–Crippen MR) is 293 cm³/mol. The minimum absolute atomic E-state index is 0.00599. The highest BCUT2D eigenvalue weighted by Crippen LogP contribution is 2.13. The predicted octanol–water partition coefficient (Wildman–Crippen LogP) is 9.40. The highest BCUT2D eigenvalue weighted by molar-refractivity contribution is 5.97. The third kappa shape index (κ3) is 40.9. The van der Waals surface area contributed by atoms with E-state index >= 15 is 0 Å². The summed E-state index contributed by atoms with van der Waals surface area (Å²) in [6.07, 6.45) is 26.1. The van der Waals surface area contributed by atoms with E-state index in [0.717, 1.165) is 77.0 Å². The number of rotatable bonds is 52. The molecule has 0 aromatic rings. The van der Waals surface area contributed by atoms with Crippen LogP contribution in [0.2, 0.25) is 0 Å². The van der Waals surface area contributed by atoms with Crippen LogP contribution >= 0.6 is 0 Å². The van der Waals surface area contributed by atoms with Gasteiger partial charge in [0.1, 0.15) is 25.3 Å². The van der Waals surface area contributed by atoms with Crippen molar-refractivity contribution in [2.75, 3.05) is 78.9 Å². The Balaban J connectivity index is 2.57. The van der Waals surface area contributed by atoms with Crippen LogP contribution in [0.4, 0.5) is 0 Å². The first-order chi connectivity index (χ1) is 36.9. The van der Waals surface area contributed by atoms with Crippen molar-refractivity contribution >= 4 is 47.6 Å². The maximum Gasteiger partial charge on any atom is 0.307 e. The summed E-state index contributed by atoms with van der Waals surface area (Å²) in [5.74, 6) is -3.44. The molecule has 0 aromatic carbocycles. The van der Waals surface area contributed by atoms with Crippen LogP contribution in [0.5, 0.6) is 0 Å². The van der Waals surface area contributed by atoms with E-state index in [4.69, 9.17) is 28.4 Å². The van der Waals surface area contributed by atoms with E-state index in [1.807, 2.05) is 9.80 Å². The first-order valence-corrected chi connectivity index (χ1v) is 29.9. The topological polar surface area (TPSA) is 222 Å². The van der Waals surface area contributed by atoms with Gasteiger partial charge in [0.05, 0.1) is 52.1 Å². The minimum atomic E-state index is -0.976. The van der Waals surface area contributed by atoms with Crippen molar-refractivity contribution in [1.82, 2.24) is 20.4 Å². The van der Waals surface area contributed by atoms with Crippen LogP contribution in [0.15, 0.2) is 0 Å². The zero-order valence-corrected chi connectivity index (χ0v) is 47.9. The van der Waals surface area contributed by atoms with Gasteiger partial charge in [-0.3, -0.25) is 48.2 Å². The highest BCUT2D eigenvalue weighted by atomic mass is 16.6. The van der Waals surface area contributed by atoms with E-state index < -0.39 is 35.8 Å². The van der Waals surface area contributed by atoms with Crippen LogP contribution in [-0.2, 0) is 66.8 Å². The van der Waals surface area contributed by atoms with Gasteiger partial charge in [0.2, 0.25) is 11.8 Å². The number of nitrogens with one attached hydrogen (secondary N) is 2. The van der Waals surface area contributed by atoms with Crippen molar-refractivity contribution in [3.8, 4) is 0 Å². The van der Waals surface area contributed by atoms with E-state index in [1.54, 1.807) is 0 Å². The average molecular weight is 1080 g/mol. The summed E-state index contributed by atoms with van der Waals surface area (Å²) in [6.45, 7) is 11.9. The van der Waals surface area contributed by atoms with Gasteiger partial charge in [-0.15, -0.1) is 0 Å². The second kappa shape index (κ2) is 49.0. The zero-order valence-electron chi connectivity index (χ0n) is 47.9. The molecule has 0 spiro atoms. The van der Waals surface area contributed by atoms with E-state index in [2.05, 4.69) is 38.3 Å². The van der Waals surface area contributed by atoms with Crippen LogP contribution in [0.1, 0.15) is 233 Å². The summed E-state index contributed by atoms with van der Waals surface area (Å²) in [5, 5.41) is 5.30. The molecule has 18 heteroatoms. The van der Waals surface area contributed by atoms with Crippen molar-refractivity contribution in [3.05, 3.63) is 0 Å². The first-order valence-electron chi connectivity index (χ1n) is 29.9. The van der Waals surface area contributed by atoms with Gasteiger partial charge in [0.25, 0.3) is 0 Å². The lowest BCUT2D eigenvalue weighted by molar-refractivity contribution is -0.148. The van der Waals surface area contributed by atoms with Crippen molar-refractivity contribution in [1.29, 1.82) is 0 Å². The molecule has 1 rings (SSSR count). The Hall–Kier alpha value is -4.32. The molecule has 0 bridgehead atoms. The number of esters is 6. The fourth-order valence-corrected chi connectivity index (χ4v) is 8.56. The molecule has 0 radical (unpaired) electrons. The van der Waals surface area contributed by atoms with Gasteiger partial charge >= 0.3 is 35.8 Å². The number of piperazine rings is 1. The van der Waals surface area contributed by atoms with Gasteiger partial charge in [-0.1, -0.05) is 156 Å². The van der Waals surface area contributed by atoms with Gasteiger partial charge < -0.3 is 39.1 Å². The molecule has 76 heavy (non-hydrogen) atoms. The van der Waals surface area contributed by atoms with Crippen LogP contribution in [0.25, 0.3) is 0 Å². The maximum absolute atomic E-state index is 13.0. The molecule has 1 aliphatic rings. The van der Waals surface area contributed by atoms with Crippen LogP contribution < -0.4 is 10.6 Å². The fourth-order valence-electron chi connectivity index (χ4n) is 8.56. The van der Waals surface area contributed by atoms with Crippen LogP contribution in [-0.4, -0.2) is 148 Å². The number of hydrogen-bond donors (Lipinski definition) is 2. The molecule has 2 N–H and O–H groups in total. The molecule has 0 aliphatic carbocycles. The Morgan fingerprint density at radius 2 is 0.539 bits per heavy atom. The SMILES string of the molecule is CCCCCCCCOC(=O)CCN(CCOC(=O)CCC1NC(=O)C(CCC(=O)OCCN(CCC(=O)OCCCCCCCC)CCC(=O)OCCCCCCCC)NC1=O)CCC(=O)OCCCCCCCC. The fraction of sp³-hybridized carbons (Fsp3) is 0.862. The van der Waals surface area contributed by atoms with E-state index in [0.29, 0.717) is 52.6 Å². The van der Waals surface area contributed by atoms with Gasteiger partial charge in [-0.05, 0) is 38.5 Å². The second-order valence-corrected chi connectivity index (χ2v) is 20.3. The van der Waals surface area contributed by atoms with E-state index in [-0.39, 0.29) is 102 Å². The largest absolute Gasteiger partial charge is 0.466 e. The molecule has 18 nitrogen and oxygen atoms in total. The normalized spacial score (nSPS) is 14.3. The molecule has 1 aliphatic heterocycles. The smallest absolute Gasteiger partial charge is 0.307 e. The van der Waals surface area contributed by atoms with Gasteiger partial charge in [-0.2, -0.15) is 0 Å². The Bertz CT molecular complexity index is 1390. The lowest BCUT2D eigenvalue weighted by Crippen LogP contribution is -2.61. The number of nitrogens with zero attached hydrogens (tertiary/aromatic N) is 2. The summed E-state index contributed by atoms with van der Waals surface area (Å²) in [4.78, 5) is 105. The van der Waals surface area contributed by atoms with Crippen molar-refractivity contribution in [2.24, 2.45) is 0 Å². The third-order valence-electron chi connectivity index (χ3n) is 13.5. The lowest BCUT2D eigenvalue weighted by Gasteiger charge is -2.29. The maximum atomic E-state index is 13.0. The quantitative estimate of drug-likeness (QED) is 0.0329. The minimum Gasteiger partial charge on any atom is -0.466 e. The Labute approximate surface area is 457 Å². The summed E-state index contributed by atoms with van der Waals surface area (Å²) < 4.78 is 32.7. The second-order valence-electron chi connectivity index (χ2n) is 20.3. The number of unbranched alkanes of at least 4 members (excludes halogenated alkanes) is 20. The zero-order chi connectivity index (χ0) is 55.7. The molecule has 0 saturated carbocycles. The lowest BCUT2D eigenvalue weighted by atomic mass is 10.0. The molecule has 1 saturated heterocycles. The van der Waals surface area contributed by atoms with Crippen LogP contribution in [0, 0.1) is 0 Å². The number of hydrogen-bond acceptors (Lipinski definition) is 16. The van der Waals surface area contributed by atoms with Crippen molar-refractivity contribution in [2.45, 2.75) is 245 Å². The van der Waals surface area contributed by atoms with Gasteiger partial charge in [0.15, 0.2) is 0 Å². The van der Waals surface area contributed by atoms with Crippen molar-refractivity contribution in [3.63, 3.8) is 0 Å². The molecule has 2 unspecified atom stereocenters.